The number of hydrogen-bond donors (Lipinski definition) is 1. The van der Waals surface area contributed by atoms with E-state index in [0.717, 1.165) is 3.57 Å². The summed E-state index contributed by atoms with van der Waals surface area (Å²) in [6.07, 6.45) is 0. The van der Waals surface area contributed by atoms with Gasteiger partial charge in [0.05, 0.1) is 18.1 Å². The molecule has 0 spiro atoms. The molecule has 0 saturated heterocycles. The van der Waals surface area contributed by atoms with E-state index in [-0.39, 0.29) is 29.6 Å². The summed E-state index contributed by atoms with van der Waals surface area (Å²) in [5.41, 5.74) is 0.467. The van der Waals surface area contributed by atoms with Crippen molar-refractivity contribution in [3.8, 4) is 0 Å². The van der Waals surface area contributed by atoms with Crippen LogP contribution in [0.4, 0.5) is 0 Å². The molecule has 0 fully saturated rings. The van der Waals surface area contributed by atoms with E-state index in [9.17, 15) is 14.7 Å². The number of amides is 1. The zero-order valence-electron chi connectivity index (χ0n) is 8.12. The number of rotatable bonds is 3. The number of hydrogen-bond acceptors (Lipinski definition) is 3. The average Bonchev–Trinajstić information content (AvgIpc) is 2.15. The molecule has 0 aromatic heterocycles. The van der Waals surface area contributed by atoms with Crippen LogP contribution in [0.2, 0.25) is 0 Å². The largest absolute Gasteiger partial charge is 1.00 e. The quantitative estimate of drug-likeness (QED) is 0.469. The predicted molar refractivity (Wildman–Crippen MR) is 56.5 cm³/mol. The summed E-state index contributed by atoms with van der Waals surface area (Å²) in [4.78, 5) is 21.5. The first kappa shape index (κ1) is 14.9. The molecule has 0 aliphatic carbocycles. The minimum atomic E-state index is -1.30. The van der Waals surface area contributed by atoms with Crippen LogP contribution in [-0.2, 0) is 4.79 Å². The molecule has 0 aliphatic heterocycles. The van der Waals surface area contributed by atoms with E-state index in [0.29, 0.717) is 5.56 Å². The molecule has 0 heterocycles. The molecule has 1 N–H and O–H groups in total. The Labute approximate surface area is 123 Å². The third-order valence-corrected chi connectivity index (χ3v) is 2.45. The van der Waals surface area contributed by atoms with Crippen LogP contribution in [0, 0.1) is 3.57 Å². The maximum atomic E-state index is 11.4. The van der Waals surface area contributed by atoms with Gasteiger partial charge < -0.3 is 15.2 Å². The van der Waals surface area contributed by atoms with Crippen molar-refractivity contribution in [3.63, 3.8) is 0 Å². The maximum Gasteiger partial charge on any atom is 1.00 e. The number of carboxylic acids is 1. The number of nitrogens with one attached hydrogen (secondary N) is 1. The summed E-state index contributed by atoms with van der Waals surface area (Å²) in [6.45, 7) is -0.468. The van der Waals surface area contributed by atoms with E-state index in [1.165, 1.54) is 0 Å². The second kappa shape index (κ2) is 7.21. The Bertz CT molecular complexity index is 370. The van der Waals surface area contributed by atoms with Crippen LogP contribution in [0.25, 0.3) is 0 Å². The fraction of sp³-hybridized carbons (Fsp3) is 0.111. The van der Waals surface area contributed by atoms with Crippen LogP contribution >= 0.6 is 22.6 Å². The Morgan fingerprint density at radius 2 is 1.93 bits per heavy atom. The molecule has 1 rings (SSSR count). The van der Waals surface area contributed by atoms with E-state index in [1.807, 2.05) is 22.6 Å². The van der Waals surface area contributed by atoms with Crippen molar-refractivity contribution in [2.45, 2.75) is 0 Å². The molecule has 0 aliphatic rings. The van der Waals surface area contributed by atoms with Gasteiger partial charge in [-0.25, -0.2) is 0 Å². The minimum Gasteiger partial charge on any atom is -0.548 e. The van der Waals surface area contributed by atoms with Crippen molar-refractivity contribution in [1.82, 2.24) is 5.32 Å². The Balaban J connectivity index is 0.00000196. The van der Waals surface area contributed by atoms with E-state index in [4.69, 9.17) is 0 Å². The molecule has 15 heavy (non-hydrogen) atoms. The normalized spacial score (nSPS) is 8.87. The molecule has 1 aromatic rings. The average molecular weight is 327 g/mol. The molecular formula is C9H7INNaO3. The summed E-state index contributed by atoms with van der Waals surface area (Å²) in [5, 5.41) is 12.3. The molecule has 1 amide bonds. The Kier molecular flexibility index (Phi) is 7.16. The Morgan fingerprint density at radius 3 is 2.47 bits per heavy atom. The molecule has 0 saturated carbocycles. The van der Waals surface area contributed by atoms with Gasteiger partial charge >= 0.3 is 29.6 Å². The maximum absolute atomic E-state index is 11.4. The molecule has 0 bridgehead atoms. The van der Waals surface area contributed by atoms with Gasteiger partial charge in [0.15, 0.2) is 0 Å². The molecule has 1 aromatic carbocycles. The van der Waals surface area contributed by atoms with Crippen molar-refractivity contribution in [3.05, 3.63) is 33.4 Å². The van der Waals surface area contributed by atoms with Crippen LogP contribution in [0.5, 0.6) is 0 Å². The predicted octanol–water partition coefficient (Wildman–Crippen LogP) is -3.23. The summed E-state index contributed by atoms with van der Waals surface area (Å²) in [6, 6.07) is 6.92. The number of aliphatic carboxylic acids is 1. The van der Waals surface area contributed by atoms with Crippen LogP contribution in [0.1, 0.15) is 10.4 Å². The van der Waals surface area contributed by atoms with Crippen molar-refractivity contribution >= 4 is 34.5 Å². The molecule has 0 atom stereocenters. The molecular weight excluding hydrogens is 320 g/mol. The van der Waals surface area contributed by atoms with Crippen molar-refractivity contribution in [2.24, 2.45) is 0 Å². The van der Waals surface area contributed by atoms with Crippen LogP contribution in [0.3, 0.4) is 0 Å². The number of carbonyl (C=O) groups excluding carboxylic acids is 2. The first-order chi connectivity index (χ1) is 6.61. The molecule has 74 valence electrons. The second-order valence-corrected chi connectivity index (χ2v) is 3.70. The topological polar surface area (TPSA) is 69.2 Å². The van der Waals surface area contributed by atoms with Gasteiger partial charge in [0, 0.05) is 3.57 Å². The summed E-state index contributed by atoms with van der Waals surface area (Å²) in [7, 11) is 0. The third kappa shape index (κ3) is 4.96. The van der Waals surface area contributed by atoms with Crippen molar-refractivity contribution < 1.29 is 44.3 Å². The SMILES string of the molecule is O=C([O-])CNC(=O)c1ccccc1I.[Na+]. The van der Waals surface area contributed by atoms with Crippen LogP contribution < -0.4 is 40.0 Å². The molecule has 6 heteroatoms. The molecule has 4 nitrogen and oxygen atoms in total. The number of carbonyl (C=O) groups is 2. The molecule has 0 radical (unpaired) electrons. The van der Waals surface area contributed by atoms with Crippen molar-refractivity contribution in [1.29, 1.82) is 0 Å². The number of halogens is 1. The third-order valence-electron chi connectivity index (χ3n) is 1.51. The second-order valence-electron chi connectivity index (χ2n) is 2.53. The monoisotopic (exact) mass is 327 g/mol. The summed E-state index contributed by atoms with van der Waals surface area (Å²) < 4.78 is 0.779. The fourth-order valence-corrected chi connectivity index (χ4v) is 1.53. The summed E-state index contributed by atoms with van der Waals surface area (Å²) in [5.74, 6) is -1.71. The van der Waals surface area contributed by atoms with Crippen molar-refractivity contribution in [2.75, 3.05) is 6.54 Å². The van der Waals surface area contributed by atoms with E-state index in [1.54, 1.807) is 24.3 Å². The molecule has 0 unspecified atom stereocenters. The smallest absolute Gasteiger partial charge is 0.548 e. The van der Waals surface area contributed by atoms with Gasteiger partial charge in [0.2, 0.25) is 0 Å². The number of carboxylic acid groups (broad SMARTS) is 1. The van der Waals surface area contributed by atoms with Crippen LogP contribution in [-0.4, -0.2) is 18.4 Å². The first-order valence-corrected chi connectivity index (χ1v) is 4.91. The van der Waals surface area contributed by atoms with E-state index in [2.05, 4.69) is 5.32 Å². The zero-order valence-corrected chi connectivity index (χ0v) is 12.3. The number of benzene rings is 1. The standard InChI is InChI=1S/C9H8INO3.Na/c10-7-4-2-1-3-6(7)9(14)11-5-8(12)13;/h1-4H,5H2,(H,11,14)(H,12,13);/q;+1/p-1. The van der Waals surface area contributed by atoms with E-state index >= 15 is 0 Å². The minimum absolute atomic E-state index is 0. The Hall–Kier alpha value is -0.110. The van der Waals surface area contributed by atoms with Gasteiger partial charge in [-0.2, -0.15) is 0 Å². The van der Waals surface area contributed by atoms with Crippen LogP contribution in [0.15, 0.2) is 24.3 Å². The van der Waals surface area contributed by atoms with E-state index < -0.39 is 18.4 Å². The fourth-order valence-electron chi connectivity index (χ4n) is 0.893. The summed E-state index contributed by atoms with van der Waals surface area (Å²) >= 11 is 2.01. The van der Waals surface area contributed by atoms with Gasteiger partial charge in [0.1, 0.15) is 0 Å². The van der Waals surface area contributed by atoms with Gasteiger partial charge in [-0.1, -0.05) is 12.1 Å². The van der Waals surface area contributed by atoms with Gasteiger partial charge in [-0.15, -0.1) is 0 Å². The van der Waals surface area contributed by atoms with Gasteiger partial charge in [-0.3, -0.25) is 4.79 Å². The Morgan fingerprint density at radius 1 is 1.33 bits per heavy atom. The first-order valence-electron chi connectivity index (χ1n) is 3.84. The zero-order chi connectivity index (χ0) is 10.6. The van der Waals surface area contributed by atoms with Gasteiger partial charge in [0.25, 0.3) is 5.91 Å². The van der Waals surface area contributed by atoms with Gasteiger partial charge in [-0.05, 0) is 34.7 Å².